The number of benzene rings is 1. The van der Waals surface area contributed by atoms with Crippen LogP contribution in [0.25, 0.3) is 0 Å². The zero-order chi connectivity index (χ0) is 18.5. The molecule has 1 amide bonds. The molecule has 0 spiro atoms. The van der Waals surface area contributed by atoms with Gasteiger partial charge in [0.05, 0.1) is 12.2 Å². The molecule has 1 aromatic carbocycles. The van der Waals surface area contributed by atoms with Crippen molar-refractivity contribution in [2.75, 3.05) is 0 Å². The van der Waals surface area contributed by atoms with Crippen LogP contribution in [0, 0.1) is 17.8 Å². The van der Waals surface area contributed by atoms with Gasteiger partial charge in [0.25, 0.3) is 5.91 Å². The van der Waals surface area contributed by atoms with Gasteiger partial charge >= 0.3 is 0 Å². The number of fused-ring (bicyclic) bond motifs is 1. The summed E-state index contributed by atoms with van der Waals surface area (Å²) in [5.74, 6) is 2.84. The monoisotopic (exact) mass is 383 g/mol. The average Bonchev–Trinajstić information content (AvgIpc) is 3.53. The van der Waals surface area contributed by atoms with Crippen LogP contribution in [0.4, 0.5) is 0 Å². The fraction of sp³-hybridized carbons (Fsp3) is 0.545. The van der Waals surface area contributed by atoms with E-state index in [0.717, 1.165) is 18.3 Å². The molecule has 0 bridgehead atoms. The van der Waals surface area contributed by atoms with Gasteiger partial charge in [-0.05, 0) is 85.6 Å². The van der Waals surface area contributed by atoms with E-state index in [-0.39, 0.29) is 11.9 Å². The van der Waals surface area contributed by atoms with Gasteiger partial charge in [0, 0.05) is 22.8 Å². The van der Waals surface area contributed by atoms with E-state index in [9.17, 15) is 4.79 Å². The summed E-state index contributed by atoms with van der Waals surface area (Å²) in [4.78, 5) is 12.6. The molecule has 1 aromatic heterocycles. The molecule has 142 valence electrons. The summed E-state index contributed by atoms with van der Waals surface area (Å²) in [6, 6.07) is 8.08. The lowest BCUT2D eigenvalue weighted by Crippen LogP contribution is -2.37. The first-order valence-electron chi connectivity index (χ1n) is 10.2. The van der Waals surface area contributed by atoms with Crippen molar-refractivity contribution in [1.82, 2.24) is 15.1 Å². The summed E-state index contributed by atoms with van der Waals surface area (Å²) in [6.07, 6.45) is 10.4. The number of aromatic nitrogens is 2. The first-order chi connectivity index (χ1) is 13.1. The van der Waals surface area contributed by atoms with Gasteiger partial charge in [0.2, 0.25) is 0 Å². The van der Waals surface area contributed by atoms with E-state index in [1.807, 2.05) is 0 Å². The summed E-state index contributed by atoms with van der Waals surface area (Å²) in [5.41, 5.74) is 2.11. The third kappa shape index (κ3) is 3.29. The Labute approximate surface area is 165 Å². The predicted molar refractivity (Wildman–Crippen MR) is 106 cm³/mol. The number of carbonyl (C=O) groups is 1. The number of halogens is 1. The Kier molecular flexibility index (Phi) is 4.27. The first-order valence-corrected chi connectivity index (χ1v) is 10.6. The molecule has 1 heterocycles. The minimum atomic E-state index is 0.0192. The van der Waals surface area contributed by atoms with Crippen molar-refractivity contribution in [2.45, 2.75) is 57.0 Å². The Morgan fingerprint density at radius 3 is 2.59 bits per heavy atom. The van der Waals surface area contributed by atoms with Crippen molar-refractivity contribution in [1.29, 1.82) is 0 Å². The Morgan fingerprint density at radius 1 is 1.26 bits per heavy atom. The van der Waals surface area contributed by atoms with Gasteiger partial charge < -0.3 is 5.32 Å². The fourth-order valence-electron chi connectivity index (χ4n) is 5.19. The largest absolute Gasteiger partial charge is 0.349 e. The maximum atomic E-state index is 12.6. The number of nitrogens with one attached hydrogen (secondary N) is 1. The van der Waals surface area contributed by atoms with Crippen LogP contribution < -0.4 is 5.32 Å². The van der Waals surface area contributed by atoms with Crippen LogP contribution in [0.3, 0.4) is 0 Å². The molecule has 3 fully saturated rings. The molecular formula is C22H26ClN3O. The fourth-order valence-corrected chi connectivity index (χ4v) is 5.31. The van der Waals surface area contributed by atoms with E-state index in [4.69, 9.17) is 11.6 Å². The highest BCUT2D eigenvalue weighted by molar-refractivity contribution is 6.30. The Morgan fingerprint density at radius 2 is 1.96 bits per heavy atom. The number of amides is 1. The molecule has 5 rings (SSSR count). The van der Waals surface area contributed by atoms with Crippen LogP contribution >= 0.6 is 11.6 Å². The van der Waals surface area contributed by atoms with Crippen LogP contribution in [0.1, 0.15) is 66.9 Å². The van der Waals surface area contributed by atoms with Crippen LogP contribution in [0.5, 0.6) is 0 Å². The summed E-state index contributed by atoms with van der Waals surface area (Å²) in [7, 11) is 0. The molecule has 5 heteroatoms. The van der Waals surface area contributed by atoms with Crippen molar-refractivity contribution in [2.24, 2.45) is 17.8 Å². The van der Waals surface area contributed by atoms with Gasteiger partial charge in [-0.2, -0.15) is 5.10 Å². The summed E-state index contributed by atoms with van der Waals surface area (Å²) < 4.78 is 2.16. The Hall–Kier alpha value is -1.81. The molecular weight excluding hydrogens is 358 g/mol. The van der Waals surface area contributed by atoms with Gasteiger partial charge in [-0.1, -0.05) is 18.5 Å². The molecule has 3 aliphatic carbocycles. The highest BCUT2D eigenvalue weighted by Gasteiger charge is 2.58. The number of nitrogens with zero attached hydrogens (tertiary/aromatic N) is 2. The third-order valence-electron chi connectivity index (χ3n) is 6.85. The summed E-state index contributed by atoms with van der Waals surface area (Å²) in [6.45, 7) is 2.18. The van der Waals surface area contributed by atoms with Crippen LogP contribution in [-0.4, -0.2) is 21.7 Å². The zero-order valence-electron chi connectivity index (χ0n) is 15.6. The van der Waals surface area contributed by atoms with Gasteiger partial charge in [-0.3, -0.25) is 9.48 Å². The van der Waals surface area contributed by atoms with Gasteiger partial charge in [0.15, 0.2) is 0 Å². The second kappa shape index (κ2) is 6.66. The highest BCUT2D eigenvalue weighted by atomic mass is 35.5. The van der Waals surface area contributed by atoms with Crippen molar-refractivity contribution < 1.29 is 4.79 Å². The van der Waals surface area contributed by atoms with E-state index in [1.54, 1.807) is 24.3 Å². The Balaban J connectivity index is 1.19. The van der Waals surface area contributed by atoms with Crippen molar-refractivity contribution in [3.8, 4) is 0 Å². The topological polar surface area (TPSA) is 46.9 Å². The lowest BCUT2D eigenvalue weighted by Gasteiger charge is -2.21. The van der Waals surface area contributed by atoms with Crippen molar-refractivity contribution in [3.63, 3.8) is 0 Å². The van der Waals surface area contributed by atoms with Gasteiger partial charge in [-0.15, -0.1) is 0 Å². The van der Waals surface area contributed by atoms with Crippen molar-refractivity contribution in [3.05, 3.63) is 52.8 Å². The van der Waals surface area contributed by atoms with E-state index in [1.165, 1.54) is 31.2 Å². The lowest BCUT2D eigenvalue weighted by atomic mass is 9.91. The third-order valence-corrected chi connectivity index (χ3v) is 7.10. The number of hydrogen-bond acceptors (Lipinski definition) is 2. The maximum absolute atomic E-state index is 12.6. The van der Waals surface area contributed by atoms with Gasteiger partial charge in [-0.25, -0.2) is 0 Å². The zero-order valence-corrected chi connectivity index (χ0v) is 16.4. The SMILES string of the molecule is CC[C@@H](NC(=O)c1ccc(Cl)cc1)C1[C@H]2CC(c3cnn(C4CC4)c3)C[C@@H]12. The summed E-state index contributed by atoms with van der Waals surface area (Å²) in [5, 5.41) is 8.50. The molecule has 0 radical (unpaired) electrons. The van der Waals surface area contributed by atoms with Crippen LogP contribution in [-0.2, 0) is 0 Å². The maximum Gasteiger partial charge on any atom is 0.251 e. The minimum Gasteiger partial charge on any atom is -0.349 e. The number of rotatable bonds is 6. The predicted octanol–water partition coefficient (Wildman–Crippen LogP) is 4.82. The van der Waals surface area contributed by atoms with Gasteiger partial charge in [0.1, 0.15) is 0 Å². The van der Waals surface area contributed by atoms with E-state index < -0.39 is 0 Å². The first kappa shape index (κ1) is 17.3. The second-order valence-electron chi connectivity index (χ2n) is 8.55. The Bertz CT molecular complexity index is 829. The smallest absolute Gasteiger partial charge is 0.251 e. The molecule has 3 saturated carbocycles. The molecule has 2 aromatic rings. The van der Waals surface area contributed by atoms with Crippen LogP contribution in [0.15, 0.2) is 36.7 Å². The molecule has 27 heavy (non-hydrogen) atoms. The van der Waals surface area contributed by atoms with Crippen LogP contribution in [0.2, 0.25) is 5.02 Å². The molecule has 4 nitrogen and oxygen atoms in total. The van der Waals surface area contributed by atoms with E-state index in [2.05, 4.69) is 34.4 Å². The van der Waals surface area contributed by atoms with Crippen molar-refractivity contribution >= 4 is 17.5 Å². The number of carbonyl (C=O) groups excluding carboxylic acids is 1. The van der Waals surface area contributed by atoms with E-state index >= 15 is 0 Å². The molecule has 2 unspecified atom stereocenters. The highest BCUT2D eigenvalue weighted by Crippen LogP contribution is 2.63. The second-order valence-corrected chi connectivity index (χ2v) is 8.99. The molecule has 1 N–H and O–H groups in total. The van der Waals surface area contributed by atoms with E-state index in [0.29, 0.717) is 28.5 Å². The molecule has 0 aliphatic heterocycles. The quantitative estimate of drug-likeness (QED) is 0.777. The minimum absolute atomic E-state index is 0.0192. The average molecular weight is 384 g/mol. The lowest BCUT2D eigenvalue weighted by molar-refractivity contribution is 0.0927. The normalized spacial score (nSPS) is 30.0. The standard InChI is InChI=1S/C22H26ClN3O/c1-2-20(25-22(27)13-3-5-16(23)6-4-13)21-18-9-14(10-19(18)21)15-11-24-26(12-15)17-7-8-17/h3-6,11-12,14,17-21H,2,7-10H2,1H3,(H,25,27)/t14?,18-,19+,20-,21?/m1/s1. The molecule has 3 aliphatic rings. The molecule has 0 saturated heterocycles. The molecule has 5 atom stereocenters. The number of hydrogen-bond donors (Lipinski definition) is 1. The summed E-state index contributed by atoms with van der Waals surface area (Å²) >= 11 is 5.92.